The number of ether oxygens (including phenoxy) is 2. The molecule has 4 nitrogen and oxygen atoms in total. The van der Waals surface area contributed by atoms with E-state index in [0.717, 1.165) is 30.2 Å². The first-order valence-electron chi connectivity index (χ1n) is 5.95. The number of hydrogen-bond acceptors (Lipinski definition) is 4. The summed E-state index contributed by atoms with van der Waals surface area (Å²) in [6, 6.07) is 5.73. The van der Waals surface area contributed by atoms with Crippen molar-refractivity contribution < 1.29 is 14.3 Å². The molecular formula is C14H21NO3. The van der Waals surface area contributed by atoms with Gasteiger partial charge in [-0.2, -0.15) is 0 Å². The fourth-order valence-corrected chi connectivity index (χ4v) is 1.72. The molecule has 0 heterocycles. The Morgan fingerprint density at radius 3 is 2.56 bits per heavy atom. The van der Waals surface area contributed by atoms with Crippen LogP contribution >= 0.6 is 0 Å². The number of nitrogens with zero attached hydrogens (tertiary/aromatic N) is 1. The summed E-state index contributed by atoms with van der Waals surface area (Å²) in [7, 11) is 5.29. The zero-order valence-corrected chi connectivity index (χ0v) is 11.5. The Hall–Kier alpha value is -1.55. The maximum absolute atomic E-state index is 11.0. The molecule has 0 bridgehead atoms. The van der Waals surface area contributed by atoms with E-state index in [-0.39, 0.29) is 5.78 Å². The zero-order chi connectivity index (χ0) is 13.5. The van der Waals surface area contributed by atoms with Gasteiger partial charge in [-0.3, -0.25) is 4.79 Å². The van der Waals surface area contributed by atoms with E-state index in [0.29, 0.717) is 6.42 Å². The molecule has 0 aliphatic carbocycles. The molecule has 0 saturated heterocycles. The van der Waals surface area contributed by atoms with Crippen molar-refractivity contribution in [3.8, 4) is 11.5 Å². The van der Waals surface area contributed by atoms with Crippen molar-refractivity contribution in [2.24, 2.45) is 0 Å². The summed E-state index contributed by atoms with van der Waals surface area (Å²) in [5, 5.41) is 0. The first kappa shape index (κ1) is 14.5. The number of benzene rings is 1. The van der Waals surface area contributed by atoms with Crippen LogP contribution in [0.2, 0.25) is 0 Å². The summed E-state index contributed by atoms with van der Waals surface area (Å²) in [5.74, 6) is 1.86. The van der Waals surface area contributed by atoms with Gasteiger partial charge in [-0.1, -0.05) is 0 Å². The van der Waals surface area contributed by atoms with Crippen LogP contribution in [0.3, 0.4) is 0 Å². The van der Waals surface area contributed by atoms with Crippen molar-refractivity contribution in [1.29, 1.82) is 0 Å². The predicted octanol–water partition coefficient (Wildman–Crippen LogP) is 2.11. The molecule has 0 radical (unpaired) electrons. The number of hydrogen-bond donors (Lipinski definition) is 0. The molecule has 100 valence electrons. The third kappa shape index (κ3) is 4.37. The van der Waals surface area contributed by atoms with E-state index < -0.39 is 0 Å². The lowest BCUT2D eigenvalue weighted by molar-refractivity contribution is -0.117. The average molecular weight is 251 g/mol. The van der Waals surface area contributed by atoms with Crippen molar-refractivity contribution in [3.63, 3.8) is 0 Å². The van der Waals surface area contributed by atoms with Gasteiger partial charge >= 0.3 is 0 Å². The van der Waals surface area contributed by atoms with Crippen LogP contribution in [-0.4, -0.2) is 38.5 Å². The molecule has 1 aromatic carbocycles. The van der Waals surface area contributed by atoms with E-state index in [4.69, 9.17) is 9.47 Å². The van der Waals surface area contributed by atoms with Crippen LogP contribution in [0.1, 0.15) is 18.9 Å². The van der Waals surface area contributed by atoms with Gasteiger partial charge in [0.05, 0.1) is 14.2 Å². The lowest BCUT2D eigenvalue weighted by atomic mass is 10.1. The molecule has 0 N–H and O–H groups in total. The highest BCUT2D eigenvalue weighted by Crippen LogP contribution is 2.24. The summed E-state index contributed by atoms with van der Waals surface area (Å²) < 4.78 is 10.5. The second-order valence-electron chi connectivity index (χ2n) is 4.37. The summed E-state index contributed by atoms with van der Waals surface area (Å²) in [4.78, 5) is 13.0. The largest absolute Gasteiger partial charge is 0.497 e. The number of rotatable bonds is 7. The Labute approximate surface area is 108 Å². The summed E-state index contributed by atoms with van der Waals surface area (Å²) in [6.07, 6.45) is 0.572. The number of carbonyl (C=O) groups is 1. The Balaban J connectivity index is 2.71. The van der Waals surface area contributed by atoms with E-state index in [9.17, 15) is 4.79 Å². The van der Waals surface area contributed by atoms with Gasteiger partial charge in [-0.15, -0.1) is 0 Å². The van der Waals surface area contributed by atoms with E-state index in [2.05, 4.69) is 4.90 Å². The van der Waals surface area contributed by atoms with E-state index in [1.807, 2.05) is 25.2 Å². The summed E-state index contributed by atoms with van der Waals surface area (Å²) in [5.41, 5.74) is 1.06. The topological polar surface area (TPSA) is 38.8 Å². The maximum Gasteiger partial charge on any atom is 0.131 e. The van der Waals surface area contributed by atoms with Gasteiger partial charge < -0.3 is 14.4 Å². The fourth-order valence-electron chi connectivity index (χ4n) is 1.72. The molecule has 1 rings (SSSR count). The molecule has 0 aliphatic rings. The molecule has 0 spiro atoms. The van der Waals surface area contributed by atoms with Gasteiger partial charge in [0.15, 0.2) is 0 Å². The molecule has 0 fully saturated rings. The Kier molecular flexibility index (Phi) is 5.65. The van der Waals surface area contributed by atoms with Crippen LogP contribution in [0.15, 0.2) is 18.2 Å². The highest BCUT2D eigenvalue weighted by atomic mass is 16.5. The molecule has 4 heteroatoms. The lowest BCUT2D eigenvalue weighted by Crippen LogP contribution is -2.21. The molecule has 0 saturated carbocycles. The molecule has 0 atom stereocenters. The Morgan fingerprint density at radius 2 is 2.00 bits per heavy atom. The predicted molar refractivity (Wildman–Crippen MR) is 71.2 cm³/mol. The van der Waals surface area contributed by atoms with E-state index in [1.165, 1.54) is 0 Å². The first-order valence-corrected chi connectivity index (χ1v) is 5.95. The van der Waals surface area contributed by atoms with Crippen LogP contribution in [0.5, 0.6) is 11.5 Å². The summed E-state index contributed by atoms with van der Waals surface area (Å²) >= 11 is 0. The average Bonchev–Trinajstić information content (AvgIpc) is 2.36. The van der Waals surface area contributed by atoms with Crippen LogP contribution < -0.4 is 9.47 Å². The fraction of sp³-hybridized carbons (Fsp3) is 0.500. The van der Waals surface area contributed by atoms with Crippen molar-refractivity contribution in [2.75, 3.05) is 27.8 Å². The highest BCUT2D eigenvalue weighted by Gasteiger charge is 2.08. The molecular weight excluding hydrogens is 230 g/mol. The van der Waals surface area contributed by atoms with Crippen LogP contribution in [0.4, 0.5) is 0 Å². The zero-order valence-electron chi connectivity index (χ0n) is 11.5. The number of carbonyl (C=O) groups excluding carboxylic acids is 1. The maximum atomic E-state index is 11.0. The molecule has 0 amide bonds. The molecule has 0 aliphatic heterocycles. The summed E-state index contributed by atoms with van der Waals surface area (Å²) in [6.45, 7) is 3.09. The quantitative estimate of drug-likeness (QED) is 0.744. The van der Waals surface area contributed by atoms with Gasteiger partial charge in [-0.05, 0) is 32.2 Å². The SMILES string of the molecule is COc1ccc(OC)c(CN(C)CCC(C)=O)c1. The second-order valence-corrected chi connectivity index (χ2v) is 4.37. The lowest BCUT2D eigenvalue weighted by Gasteiger charge is -2.18. The van der Waals surface area contributed by atoms with Crippen molar-refractivity contribution in [2.45, 2.75) is 19.9 Å². The van der Waals surface area contributed by atoms with Gasteiger partial charge in [-0.25, -0.2) is 0 Å². The minimum atomic E-state index is 0.208. The highest BCUT2D eigenvalue weighted by molar-refractivity contribution is 5.75. The monoisotopic (exact) mass is 251 g/mol. The minimum Gasteiger partial charge on any atom is -0.497 e. The van der Waals surface area contributed by atoms with Gasteiger partial charge in [0.2, 0.25) is 0 Å². The van der Waals surface area contributed by atoms with Crippen LogP contribution in [-0.2, 0) is 11.3 Å². The van der Waals surface area contributed by atoms with Crippen LogP contribution in [0.25, 0.3) is 0 Å². The molecule has 0 unspecified atom stereocenters. The number of Topliss-reactive ketones (excluding diaryl/α,β-unsaturated/α-hetero) is 1. The Morgan fingerprint density at radius 1 is 1.28 bits per heavy atom. The normalized spacial score (nSPS) is 10.5. The minimum absolute atomic E-state index is 0.208. The van der Waals surface area contributed by atoms with Crippen LogP contribution in [0, 0.1) is 0 Å². The first-order chi connectivity index (χ1) is 8.56. The number of ketones is 1. The smallest absolute Gasteiger partial charge is 0.131 e. The molecule has 1 aromatic rings. The molecule has 0 aromatic heterocycles. The van der Waals surface area contributed by atoms with Crippen molar-refractivity contribution in [3.05, 3.63) is 23.8 Å². The number of methoxy groups -OCH3 is 2. The Bertz CT molecular complexity index is 404. The second kappa shape index (κ2) is 7.01. The van der Waals surface area contributed by atoms with E-state index >= 15 is 0 Å². The standard InChI is InChI=1S/C14H21NO3/c1-11(16)7-8-15(2)10-12-9-13(17-3)5-6-14(12)18-4/h5-6,9H,7-8,10H2,1-4H3. The van der Waals surface area contributed by atoms with Gasteiger partial charge in [0, 0.05) is 25.1 Å². The molecule has 18 heavy (non-hydrogen) atoms. The van der Waals surface area contributed by atoms with Crippen molar-refractivity contribution >= 4 is 5.78 Å². The third-order valence-electron chi connectivity index (χ3n) is 2.77. The third-order valence-corrected chi connectivity index (χ3v) is 2.77. The van der Waals surface area contributed by atoms with Gasteiger partial charge in [0.1, 0.15) is 17.3 Å². The van der Waals surface area contributed by atoms with Gasteiger partial charge in [0.25, 0.3) is 0 Å². The van der Waals surface area contributed by atoms with E-state index in [1.54, 1.807) is 21.1 Å². The van der Waals surface area contributed by atoms with Crippen molar-refractivity contribution in [1.82, 2.24) is 4.90 Å².